The van der Waals surface area contributed by atoms with E-state index in [9.17, 15) is 9.59 Å². The monoisotopic (exact) mass is 619 g/mol. The summed E-state index contributed by atoms with van der Waals surface area (Å²) in [6.45, 7) is 4.09. The second-order valence-electron chi connectivity index (χ2n) is 9.48. The quantitative estimate of drug-likeness (QED) is 0.285. The maximum absolute atomic E-state index is 14.2. The standard InChI is InChI=1S/C32H30ClN3O6S/c1-6-42-23-13-12-21(33)14-19(23)17-26-31(38)36-28(20-15-24(39-3)29(41-5)25(16-20)40-4)27(18(2)34-32(36)43-26)30(37)35-22-10-8-7-9-11-22/h7-17,28H,6H2,1-5H3,(H,35,37)/b26-17-/t28-/m0/s1. The fourth-order valence-electron chi connectivity index (χ4n) is 4.97. The molecule has 5 rings (SSSR count). The van der Waals surface area contributed by atoms with Crippen LogP contribution in [-0.2, 0) is 4.79 Å². The topological polar surface area (TPSA) is 100 Å². The second kappa shape index (κ2) is 12.8. The third kappa shape index (κ3) is 5.89. The van der Waals surface area contributed by atoms with E-state index in [0.717, 1.165) is 0 Å². The molecule has 11 heteroatoms. The highest BCUT2D eigenvalue weighted by molar-refractivity contribution is 7.07. The fraction of sp³-hybridized carbons (Fsp3) is 0.219. The van der Waals surface area contributed by atoms with Gasteiger partial charge in [-0.15, -0.1) is 0 Å². The molecule has 0 saturated heterocycles. The molecule has 1 aromatic heterocycles. The summed E-state index contributed by atoms with van der Waals surface area (Å²) in [5, 5.41) is 3.46. The van der Waals surface area contributed by atoms with E-state index in [2.05, 4.69) is 5.32 Å². The molecule has 9 nitrogen and oxygen atoms in total. The Labute approximate surface area is 257 Å². The van der Waals surface area contributed by atoms with Gasteiger partial charge < -0.3 is 24.3 Å². The number of anilines is 1. The Kier molecular flexibility index (Phi) is 8.89. The van der Waals surface area contributed by atoms with Gasteiger partial charge in [-0.25, -0.2) is 4.99 Å². The average Bonchev–Trinajstić information content (AvgIpc) is 3.31. The molecule has 1 aliphatic rings. The molecule has 222 valence electrons. The first-order valence-electron chi connectivity index (χ1n) is 13.4. The van der Waals surface area contributed by atoms with Crippen molar-refractivity contribution < 1.29 is 23.7 Å². The Morgan fingerprint density at radius 3 is 2.35 bits per heavy atom. The lowest BCUT2D eigenvalue weighted by atomic mass is 9.94. The predicted molar refractivity (Wildman–Crippen MR) is 168 cm³/mol. The minimum Gasteiger partial charge on any atom is -0.493 e. The number of allylic oxidation sites excluding steroid dienone is 1. The molecular weight excluding hydrogens is 590 g/mol. The number of fused-ring (bicyclic) bond motifs is 1. The van der Waals surface area contributed by atoms with E-state index in [-0.39, 0.29) is 5.56 Å². The molecule has 0 fully saturated rings. The maximum atomic E-state index is 14.2. The number of methoxy groups -OCH3 is 3. The number of nitrogens with one attached hydrogen (secondary N) is 1. The summed E-state index contributed by atoms with van der Waals surface area (Å²) in [5.74, 6) is 1.36. The number of rotatable bonds is 9. The zero-order valence-electron chi connectivity index (χ0n) is 24.3. The highest BCUT2D eigenvalue weighted by atomic mass is 35.5. The van der Waals surface area contributed by atoms with E-state index in [1.807, 2.05) is 25.1 Å². The number of amides is 1. The lowest BCUT2D eigenvalue weighted by Gasteiger charge is -2.26. The number of ether oxygens (including phenoxy) is 4. The number of nitrogens with zero attached hydrogens (tertiary/aromatic N) is 2. The minimum atomic E-state index is -0.860. The van der Waals surface area contributed by atoms with Crippen LogP contribution in [0.25, 0.3) is 6.08 Å². The van der Waals surface area contributed by atoms with E-state index in [4.69, 9.17) is 35.5 Å². The third-order valence-electron chi connectivity index (χ3n) is 6.86. The van der Waals surface area contributed by atoms with Crippen molar-refractivity contribution in [3.05, 3.63) is 108 Å². The molecule has 0 bridgehead atoms. The minimum absolute atomic E-state index is 0.301. The smallest absolute Gasteiger partial charge is 0.271 e. The third-order valence-corrected chi connectivity index (χ3v) is 8.08. The zero-order valence-corrected chi connectivity index (χ0v) is 25.8. The van der Waals surface area contributed by atoms with Gasteiger partial charge in [0, 0.05) is 16.3 Å². The van der Waals surface area contributed by atoms with E-state index in [1.165, 1.54) is 37.2 Å². The van der Waals surface area contributed by atoms with Crippen molar-refractivity contribution in [3.63, 3.8) is 0 Å². The highest BCUT2D eigenvalue weighted by Crippen LogP contribution is 2.42. The van der Waals surface area contributed by atoms with Crippen LogP contribution < -0.4 is 39.2 Å². The van der Waals surface area contributed by atoms with Crippen LogP contribution in [0.15, 0.2) is 81.7 Å². The average molecular weight is 620 g/mol. The number of benzene rings is 3. The van der Waals surface area contributed by atoms with Crippen molar-refractivity contribution in [3.8, 4) is 23.0 Å². The molecular formula is C32H30ClN3O6S. The molecule has 1 atom stereocenters. The molecule has 1 N–H and O–H groups in total. The molecule has 1 aliphatic heterocycles. The van der Waals surface area contributed by atoms with E-state index >= 15 is 0 Å². The summed E-state index contributed by atoms with van der Waals surface area (Å²) in [6, 6.07) is 17.0. The molecule has 43 heavy (non-hydrogen) atoms. The van der Waals surface area contributed by atoms with Gasteiger partial charge in [0.1, 0.15) is 5.75 Å². The van der Waals surface area contributed by atoms with Crippen LogP contribution in [0.3, 0.4) is 0 Å². The van der Waals surface area contributed by atoms with Crippen molar-refractivity contribution in [2.45, 2.75) is 19.9 Å². The van der Waals surface area contributed by atoms with Crippen LogP contribution in [0.1, 0.15) is 31.0 Å². The molecule has 0 unspecified atom stereocenters. The van der Waals surface area contributed by atoms with Crippen LogP contribution in [0.2, 0.25) is 5.02 Å². The number of carbonyl (C=O) groups excluding carboxylic acids is 1. The van der Waals surface area contributed by atoms with Gasteiger partial charge in [-0.3, -0.25) is 14.2 Å². The lowest BCUT2D eigenvalue weighted by Crippen LogP contribution is -2.40. The van der Waals surface area contributed by atoms with Crippen molar-refractivity contribution >= 4 is 40.6 Å². The number of hydrogen-bond acceptors (Lipinski definition) is 8. The van der Waals surface area contributed by atoms with Crippen LogP contribution in [0, 0.1) is 0 Å². The first kappa shape index (κ1) is 29.9. The normalized spacial score (nSPS) is 14.6. The molecule has 0 aliphatic carbocycles. The van der Waals surface area contributed by atoms with Gasteiger partial charge >= 0.3 is 0 Å². The fourth-order valence-corrected chi connectivity index (χ4v) is 6.18. The van der Waals surface area contributed by atoms with Gasteiger partial charge in [-0.2, -0.15) is 0 Å². The van der Waals surface area contributed by atoms with E-state index in [1.54, 1.807) is 55.5 Å². The van der Waals surface area contributed by atoms with Gasteiger partial charge in [0.15, 0.2) is 16.3 Å². The Morgan fingerprint density at radius 2 is 1.72 bits per heavy atom. The van der Waals surface area contributed by atoms with Gasteiger partial charge in [0.25, 0.3) is 11.5 Å². The maximum Gasteiger partial charge on any atom is 0.271 e. The van der Waals surface area contributed by atoms with Gasteiger partial charge in [-0.1, -0.05) is 41.1 Å². The molecule has 3 aromatic carbocycles. The SMILES string of the molecule is CCOc1ccc(Cl)cc1/C=c1\sc2n(c1=O)[C@@H](c1cc(OC)c(OC)c(OC)c1)C(C(=O)Nc1ccccc1)=C(C)N=2. The molecule has 2 heterocycles. The van der Waals surface area contributed by atoms with Crippen LogP contribution >= 0.6 is 22.9 Å². The van der Waals surface area contributed by atoms with Crippen molar-refractivity contribution in [2.75, 3.05) is 33.3 Å². The van der Waals surface area contributed by atoms with Crippen LogP contribution in [0.5, 0.6) is 23.0 Å². The predicted octanol–water partition coefficient (Wildman–Crippen LogP) is 4.95. The number of aromatic nitrogens is 1. The van der Waals surface area contributed by atoms with Crippen LogP contribution in [0.4, 0.5) is 5.69 Å². The van der Waals surface area contributed by atoms with Gasteiger partial charge in [-0.05, 0) is 68.0 Å². The zero-order chi connectivity index (χ0) is 30.7. The first-order chi connectivity index (χ1) is 20.8. The number of hydrogen-bond donors (Lipinski definition) is 1. The Bertz CT molecular complexity index is 1870. The van der Waals surface area contributed by atoms with Crippen molar-refractivity contribution in [1.29, 1.82) is 0 Å². The van der Waals surface area contributed by atoms with Gasteiger partial charge in [0.05, 0.1) is 49.8 Å². The lowest BCUT2D eigenvalue weighted by molar-refractivity contribution is -0.113. The summed E-state index contributed by atoms with van der Waals surface area (Å²) in [7, 11) is 4.54. The number of para-hydroxylation sites is 1. The van der Waals surface area contributed by atoms with Gasteiger partial charge in [0.2, 0.25) is 5.75 Å². The van der Waals surface area contributed by atoms with Crippen LogP contribution in [-0.4, -0.2) is 38.4 Å². The van der Waals surface area contributed by atoms with E-state index < -0.39 is 11.9 Å². The molecule has 1 amide bonds. The number of halogens is 1. The van der Waals surface area contributed by atoms with E-state index in [0.29, 0.717) is 72.0 Å². The summed E-state index contributed by atoms with van der Waals surface area (Å²) in [4.78, 5) is 33.2. The summed E-state index contributed by atoms with van der Waals surface area (Å²) >= 11 is 7.50. The second-order valence-corrected chi connectivity index (χ2v) is 10.9. The Balaban J connectivity index is 1.75. The van der Waals surface area contributed by atoms with Crippen molar-refractivity contribution in [1.82, 2.24) is 4.57 Å². The highest BCUT2D eigenvalue weighted by Gasteiger charge is 2.34. The summed E-state index contributed by atoms with van der Waals surface area (Å²) in [5.41, 5.74) is 2.28. The largest absolute Gasteiger partial charge is 0.493 e. The Morgan fingerprint density at radius 1 is 1.02 bits per heavy atom. The first-order valence-corrected chi connectivity index (χ1v) is 14.6. The number of carbonyl (C=O) groups is 1. The molecule has 0 spiro atoms. The number of thiazole rings is 1. The molecule has 0 radical (unpaired) electrons. The summed E-state index contributed by atoms with van der Waals surface area (Å²) < 4.78 is 24.5. The Hall–Kier alpha value is -4.54. The van der Waals surface area contributed by atoms with Crippen molar-refractivity contribution in [2.24, 2.45) is 4.99 Å². The molecule has 4 aromatic rings. The summed E-state index contributed by atoms with van der Waals surface area (Å²) in [6.07, 6.45) is 1.73. The molecule has 0 saturated carbocycles.